The Kier molecular flexibility index (Phi) is 5.37. The quantitative estimate of drug-likeness (QED) is 0.476. The maximum atomic E-state index is 12.7. The van der Waals surface area contributed by atoms with Crippen LogP contribution in [0.3, 0.4) is 0 Å². The van der Waals surface area contributed by atoms with E-state index in [-0.39, 0.29) is 0 Å². The molecule has 1 aliphatic heterocycles. The molecule has 162 valence electrons. The lowest BCUT2D eigenvalue weighted by Gasteiger charge is -2.35. The van der Waals surface area contributed by atoms with Crippen molar-refractivity contribution in [3.63, 3.8) is 0 Å². The van der Waals surface area contributed by atoms with Crippen molar-refractivity contribution in [2.75, 3.05) is 43.7 Å². The van der Waals surface area contributed by atoms with Gasteiger partial charge in [0, 0.05) is 42.6 Å². The molecule has 1 aromatic heterocycles. The molecule has 1 fully saturated rings. The number of nitrogens with zero attached hydrogens (tertiary/aromatic N) is 3. The van der Waals surface area contributed by atoms with Crippen molar-refractivity contribution < 1.29 is 14.4 Å². The highest BCUT2D eigenvalue weighted by Crippen LogP contribution is 2.28. The maximum absolute atomic E-state index is 12.7. The van der Waals surface area contributed by atoms with Gasteiger partial charge >= 0.3 is 6.09 Å². The number of fused-ring (bicyclic) bond motifs is 2. The third-order valence-electron chi connectivity index (χ3n) is 5.78. The highest BCUT2D eigenvalue weighted by molar-refractivity contribution is 5.94. The predicted octanol–water partition coefficient (Wildman–Crippen LogP) is 4.68. The summed E-state index contributed by atoms with van der Waals surface area (Å²) in [4.78, 5) is 26.5. The second-order valence-electron chi connectivity index (χ2n) is 7.68. The lowest BCUT2D eigenvalue weighted by Crippen LogP contribution is -2.49. The fourth-order valence-corrected chi connectivity index (χ4v) is 4.10. The molecule has 1 N–H and O–H groups in total. The van der Waals surface area contributed by atoms with Gasteiger partial charge in [0.1, 0.15) is 5.69 Å². The number of carbonyl (C=O) groups is 1. The van der Waals surface area contributed by atoms with Crippen molar-refractivity contribution in [1.29, 1.82) is 0 Å². The Balaban J connectivity index is 1.23. The minimum absolute atomic E-state index is 0.372. The first kappa shape index (κ1) is 19.9. The van der Waals surface area contributed by atoms with Gasteiger partial charge in [-0.3, -0.25) is 0 Å². The van der Waals surface area contributed by atoms with E-state index in [0.29, 0.717) is 24.7 Å². The number of benzene rings is 3. The van der Waals surface area contributed by atoms with Crippen LogP contribution >= 0.6 is 0 Å². The van der Waals surface area contributed by atoms with Crippen molar-refractivity contribution in [2.24, 2.45) is 0 Å². The monoisotopic (exact) mass is 428 g/mol. The van der Waals surface area contributed by atoms with E-state index in [1.54, 1.807) is 4.90 Å². The minimum Gasteiger partial charge on any atom is -0.479 e. The van der Waals surface area contributed by atoms with Gasteiger partial charge in [-0.05, 0) is 23.6 Å². The van der Waals surface area contributed by atoms with E-state index in [0.717, 1.165) is 24.0 Å². The molecule has 0 aliphatic carbocycles. The van der Waals surface area contributed by atoms with Gasteiger partial charge in [0.15, 0.2) is 0 Å². The number of methoxy groups -OCH3 is 1. The number of hydrogen-bond donors (Lipinski definition) is 1. The van der Waals surface area contributed by atoms with E-state index in [4.69, 9.17) is 9.57 Å². The fourth-order valence-electron chi connectivity index (χ4n) is 4.10. The topological polar surface area (TPSA) is 66.9 Å². The molecule has 7 heteroatoms. The molecule has 3 aromatic carbocycles. The Hall–Kier alpha value is -4.00. The second-order valence-corrected chi connectivity index (χ2v) is 7.68. The van der Waals surface area contributed by atoms with Crippen molar-refractivity contribution in [3.8, 4) is 5.88 Å². The lowest BCUT2D eigenvalue weighted by atomic mass is 10.1. The number of nitrogens with one attached hydrogen (secondary N) is 1. The molecule has 0 unspecified atom stereocenters. The molecule has 2 heterocycles. The third-order valence-corrected chi connectivity index (χ3v) is 5.78. The van der Waals surface area contributed by atoms with Gasteiger partial charge in [-0.15, -0.1) is 0 Å². The Morgan fingerprint density at radius 1 is 0.906 bits per heavy atom. The number of para-hydroxylation sites is 1. The first-order chi connectivity index (χ1) is 15.7. The van der Waals surface area contributed by atoms with Gasteiger partial charge < -0.3 is 19.4 Å². The number of rotatable bonds is 4. The average Bonchev–Trinajstić information content (AvgIpc) is 2.86. The smallest absolute Gasteiger partial charge is 0.434 e. The highest BCUT2D eigenvalue weighted by atomic mass is 16.7. The number of aromatic nitrogens is 1. The maximum Gasteiger partial charge on any atom is 0.434 e. The van der Waals surface area contributed by atoms with Crippen LogP contribution in [0.5, 0.6) is 5.88 Å². The lowest BCUT2D eigenvalue weighted by molar-refractivity contribution is 0.120. The van der Waals surface area contributed by atoms with Crippen LogP contribution in [0, 0.1) is 0 Å². The predicted molar refractivity (Wildman–Crippen MR) is 126 cm³/mol. The number of hydrogen-bond acceptors (Lipinski definition) is 6. The summed E-state index contributed by atoms with van der Waals surface area (Å²) in [5.41, 5.74) is 5.24. The van der Waals surface area contributed by atoms with Crippen molar-refractivity contribution in [1.82, 2.24) is 9.88 Å². The van der Waals surface area contributed by atoms with Gasteiger partial charge in [-0.1, -0.05) is 54.6 Å². The van der Waals surface area contributed by atoms with E-state index in [9.17, 15) is 4.79 Å². The molecular weight excluding hydrogens is 404 g/mol. The SMILES string of the molecule is COc1nc2ccccc2cc1NOC(=O)N1CCN(c2cccc3ccccc23)CC1. The summed E-state index contributed by atoms with van der Waals surface area (Å²) >= 11 is 0. The Morgan fingerprint density at radius 3 is 2.44 bits per heavy atom. The number of piperazine rings is 1. The summed E-state index contributed by atoms with van der Waals surface area (Å²) in [6.45, 7) is 2.64. The molecular formula is C25H24N4O3. The van der Waals surface area contributed by atoms with Gasteiger partial charge in [0.25, 0.3) is 0 Å². The summed E-state index contributed by atoms with van der Waals surface area (Å²) < 4.78 is 5.34. The number of anilines is 2. The Labute approximate surface area is 186 Å². The Morgan fingerprint density at radius 2 is 1.62 bits per heavy atom. The third kappa shape index (κ3) is 3.85. The van der Waals surface area contributed by atoms with E-state index < -0.39 is 6.09 Å². The molecule has 1 saturated heterocycles. The summed E-state index contributed by atoms with van der Waals surface area (Å²) in [7, 11) is 1.54. The van der Waals surface area contributed by atoms with Crippen LogP contribution in [0.1, 0.15) is 0 Å². The van der Waals surface area contributed by atoms with E-state index in [1.165, 1.54) is 23.6 Å². The van der Waals surface area contributed by atoms with Crippen LogP contribution in [0.25, 0.3) is 21.7 Å². The van der Waals surface area contributed by atoms with Gasteiger partial charge in [-0.25, -0.2) is 15.3 Å². The number of carbonyl (C=O) groups excluding carboxylic acids is 1. The second kappa shape index (κ2) is 8.63. The van der Waals surface area contributed by atoms with Crippen molar-refractivity contribution in [3.05, 3.63) is 72.8 Å². The number of ether oxygens (including phenoxy) is 1. The van der Waals surface area contributed by atoms with Gasteiger partial charge in [0.05, 0.1) is 12.6 Å². The number of pyridine rings is 1. The molecule has 0 atom stereocenters. The molecule has 0 saturated carbocycles. The Bertz CT molecular complexity index is 1260. The van der Waals surface area contributed by atoms with Crippen LogP contribution in [-0.2, 0) is 4.84 Å². The molecule has 4 aromatic rings. The van der Waals surface area contributed by atoms with Gasteiger partial charge in [-0.2, -0.15) is 0 Å². The summed E-state index contributed by atoms with van der Waals surface area (Å²) in [5, 5.41) is 3.37. The van der Waals surface area contributed by atoms with Crippen molar-refractivity contribution >= 4 is 39.1 Å². The van der Waals surface area contributed by atoms with E-state index in [1.807, 2.05) is 36.4 Å². The summed E-state index contributed by atoms with van der Waals surface area (Å²) in [6.07, 6.45) is -0.419. The van der Waals surface area contributed by atoms with Crippen LogP contribution in [0.15, 0.2) is 72.8 Å². The largest absolute Gasteiger partial charge is 0.479 e. The zero-order valence-corrected chi connectivity index (χ0v) is 17.8. The molecule has 32 heavy (non-hydrogen) atoms. The normalized spacial score (nSPS) is 13.9. The fraction of sp³-hybridized carbons (Fsp3) is 0.200. The van der Waals surface area contributed by atoms with Crippen LogP contribution < -0.4 is 15.1 Å². The average molecular weight is 428 g/mol. The molecule has 1 aliphatic rings. The zero-order chi connectivity index (χ0) is 21.9. The van der Waals surface area contributed by atoms with Crippen LogP contribution in [-0.4, -0.2) is 49.3 Å². The van der Waals surface area contributed by atoms with Crippen molar-refractivity contribution in [2.45, 2.75) is 0 Å². The molecule has 0 radical (unpaired) electrons. The minimum atomic E-state index is -0.419. The summed E-state index contributed by atoms with van der Waals surface area (Å²) in [6, 6.07) is 24.2. The molecule has 5 rings (SSSR count). The highest BCUT2D eigenvalue weighted by Gasteiger charge is 2.24. The van der Waals surface area contributed by atoms with Gasteiger partial charge in [0.2, 0.25) is 5.88 Å². The number of amides is 1. The first-order valence-electron chi connectivity index (χ1n) is 10.6. The van der Waals surface area contributed by atoms with Crippen LogP contribution in [0.4, 0.5) is 16.2 Å². The molecule has 7 nitrogen and oxygen atoms in total. The summed E-state index contributed by atoms with van der Waals surface area (Å²) in [5.74, 6) is 0.372. The van der Waals surface area contributed by atoms with Crippen LogP contribution in [0.2, 0.25) is 0 Å². The van der Waals surface area contributed by atoms with E-state index in [2.05, 4.69) is 51.8 Å². The standard InChI is InChI=1S/C25H24N4O3/c1-31-24-22(17-19-8-3-5-11-21(19)26-24)27-32-25(30)29-15-13-28(14-16-29)23-12-6-9-18-7-2-4-10-20(18)23/h2-12,17,27H,13-16H2,1H3. The molecule has 1 amide bonds. The molecule has 0 bridgehead atoms. The zero-order valence-electron chi connectivity index (χ0n) is 17.8. The molecule has 0 spiro atoms. The van der Waals surface area contributed by atoms with E-state index >= 15 is 0 Å². The first-order valence-corrected chi connectivity index (χ1v) is 10.6.